The van der Waals surface area contributed by atoms with Gasteiger partial charge in [0.15, 0.2) is 0 Å². The molecule has 2 aromatic heterocycles. The molecule has 7 heteroatoms. The van der Waals surface area contributed by atoms with Crippen LogP contribution in [0.5, 0.6) is 0 Å². The molecule has 1 aromatic carbocycles. The highest BCUT2D eigenvalue weighted by Gasteiger charge is 2.06. The smallest absolute Gasteiger partial charge is 0.248 e. The van der Waals surface area contributed by atoms with Crippen LogP contribution in [0.15, 0.2) is 61.2 Å². The van der Waals surface area contributed by atoms with E-state index in [1.165, 1.54) is 13.0 Å². The van der Waals surface area contributed by atoms with Gasteiger partial charge in [-0.2, -0.15) is 5.10 Å². The number of carbonyl (C=O) groups is 2. The summed E-state index contributed by atoms with van der Waals surface area (Å²) in [5, 5.41) is 9.63. The van der Waals surface area contributed by atoms with Crippen molar-refractivity contribution >= 4 is 29.3 Å². The van der Waals surface area contributed by atoms with Crippen molar-refractivity contribution < 1.29 is 9.59 Å². The van der Waals surface area contributed by atoms with Crippen LogP contribution in [0.2, 0.25) is 0 Å². The average molecular weight is 361 g/mol. The lowest BCUT2D eigenvalue weighted by molar-refractivity contribution is -0.114. The number of benzene rings is 1. The molecule has 2 amide bonds. The fourth-order valence-electron chi connectivity index (χ4n) is 2.59. The molecule has 2 N–H and O–H groups in total. The first kappa shape index (κ1) is 18.1. The maximum absolute atomic E-state index is 12.2. The van der Waals surface area contributed by atoms with E-state index in [4.69, 9.17) is 0 Å². The maximum Gasteiger partial charge on any atom is 0.248 e. The lowest BCUT2D eigenvalue weighted by atomic mass is 10.0. The largest absolute Gasteiger partial charge is 0.326 e. The summed E-state index contributed by atoms with van der Waals surface area (Å²) in [5.74, 6) is -0.450. The second-order valence-electron chi connectivity index (χ2n) is 5.95. The zero-order valence-electron chi connectivity index (χ0n) is 15.0. The summed E-state index contributed by atoms with van der Waals surface area (Å²) in [6, 6.07) is 8.83. The Morgan fingerprint density at radius 3 is 2.59 bits per heavy atom. The van der Waals surface area contributed by atoms with E-state index in [0.717, 1.165) is 16.7 Å². The lowest BCUT2D eigenvalue weighted by Gasteiger charge is -2.06. The number of rotatable bonds is 5. The third-order valence-corrected chi connectivity index (χ3v) is 3.73. The fourth-order valence-corrected chi connectivity index (χ4v) is 2.59. The summed E-state index contributed by atoms with van der Waals surface area (Å²) in [5.41, 5.74) is 3.91. The van der Waals surface area contributed by atoms with Gasteiger partial charge in [0, 0.05) is 61.1 Å². The van der Waals surface area contributed by atoms with Gasteiger partial charge < -0.3 is 10.6 Å². The van der Waals surface area contributed by atoms with E-state index >= 15 is 0 Å². The molecule has 0 bridgehead atoms. The van der Waals surface area contributed by atoms with Gasteiger partial charge in [-0.3, -0.25) is 19.3 Å². The number of aryl methyl sites for hydroxylation is 1. The Balaban J connectivity index is 1.74. The molecule has 136 valence electrons. The Hall–Kier alpha value is -3.74. The number of nitrogens with zero attached hydrogens (tertiary/aromatic N) is 3. The number of aromatic nitrogens is 3. The molecule has 7 nitrogen and oxygen atoms in total. The van der Waals surface area contributed by atoms with Crippen molar-refractivity contribution in [3.05, 3.63) is 66.8 Å². The maximum atomic E-state index is 12.2. The van der Waals surface area contributed by atoms with Crippen molar-refractivity contribution in [1.82, 2.24) is 14.8 Å². The van der Waals surface area contributed by atoms with Crippen LogP contribution in [0.1, 0.15) is 12.5 Å². The van der Waals surface area contributed by atoms with Gasteiger partial charge in [-0.1, -0.05) is 6.07 Å². The molecule has 0 radical (unpaired) electrons. The molecule has 2 heterocycles. The number of amides is 2. The van der Waals surface area contributed by atoms with Gasteiger partial charge in [0.2, 0.25) is 11.8 Å². The van der Waals surface area contributed by atoms with Crippen molar-refractivity contribution in [3.8, 4) is 11.1 Å². The SMILES string of the molecule is CC(=O)Nc1cccc(NC(=O)C=Cc2cnccc2-c2cnn(C)c2)c1. The second-order valence-corrected chi connectivity index (χ2v) is 5.95. The normalized spacial score (nSPS) is 10.7. The predicted molar refractivity (Wildman–Crippen MR) is 105 cm³/mol. The van der Waals surface area contributed by atoms with Crippen LogP contribution < -0.4 is 10.6 Å². The molecule has 0 fully saturated rings. The Morgan fingerprint density at radius 1 is 1.11 bits per heavy atom. The van der Waals surface area contributed by atoms with Crippen LogP contribution in [0.3, 0.4) is 0 Å². The van der Waals surface area contributed by atoms with Gasteiger partial charge >= 0.3 is 0 Å². The minimum atomic E-state index is -0.282. The molecule has 3 rings (SSSR count). The monoisotopic (exact) mass is 361 g/mol. The van der Waals surface area contributed by atoms with Crippen LogP contribution in [0.4, 0.5) is 11.4 Å². The fraction of sp³-hybridized carbons (Fsp3) is 0.100. The third-order valence-electron chi connectivity index (χ3n) is 3.73. The number of pyridine rings is 1. The van der Waals surface area contributed by atoms with Gasteiger partial charge in [0.1, 0.15) is 0 Å². The molecular formula is C20H19N5O2. The van der Waals surface area contributed by atoms with Gasteiger partial charge in [-0.15, -0.1) is 0 Å². The molecule has 3 aromatic rings. The first-order valence-electron chi connectivity index (χ1n) is 8.31. The van der Waals surface area contributed by atoms with Crippen molar-refractivity contribution in [2.45, 2.75) is 6.92 Å². The first-order chi connectivity index (χ1) is 13.0. The van der Waals surface area contributed by atoms with Gasteiger partial charge in [-0.05, 0) is 35.9 Å². The zero-order valence-corrected chi connectivity index (χ0v) is 15.0. The molecule has 0 atom stereocenters. The quantitative estimate of drug-likeness (QED) is 0.684. The standard InChI is InChI=1S/C20H19N5O2/c1-14(26)23-17-4-3-5-18(10-17)24-20(27)7-6-15-11-21-9-8-19(15)16-12-22-25(2)13-16/h3-13H,1-2H3,(H,23,26)(H,24,27). The number of hydrogen-bond acceptors (Lipinski definition) is 4. The lowest BCUT2D eigenvalue weighted by Crippen LogP contribution is -2.09. The Bertz CT molecular complexity index is 1010. The van der Waals surface area contributed by atoms with Crippen LogP contribution in [-0.2, 0) is 16.6 Å². The van der Waals surface area contributed by atoms with Gasteiger partial charge in [0.25, 0.3) is 0 Å². The van der Waals surface area contributed by atoms with Crippen LogP contribution in [0, 0.1) is 0 Å². The molecule has 0 aliphatic rings. The Morgan fingerprint density at radius 2 is 1.89 bits per heavy atom. The highest BCUT2D eigenvalue weighted by atomic mass is 16.2. The van der Waals surface area contributed by atoms with E-state index in [0.29, 0.717) is 11.4 Å². The van der Waals surface area contributed by atoms with E-state index in [9.17, 15) is 9.59 Å². The van der Waals surface area contributed by atoms with Crippen LogP contribution in [0.25, 0.3) is 17.2 Å². The first-order valence-corrected chi connectivity index (χ1v) is 8.31. The van der Waals surface area contributed by atoms with Crippen molar-refractivity contribution in [1.29, 1.82) is 0 Å². The number of anilines is 2. The highest BCUT2D eigenvalue weighted by Crippen LogP contribution is 2.23. The summed E-state index contributed by atoms with van der Waals surface area (Å²) < 4.78 is 1.72. The van der Waals surface area contributed by atoms with Crippen molar-refractivity contribution in [2.75, 3.05) is 10.6 Å². The molecule has 0 saturated heterocycles. The minimum Gasteiger partial charge on any atom is -0.326 e. The second kappa shape index (κ2) is 8.09. The predicted octanol–water partition coefficient (Wildman–Crippen LogP) is 3.09. The van der Waals surface area contributed by atoms with Crippen molar-refractivity contribution in [3.63, 3.8) is 0 Å². The Labute approximate surface area is 156 Å². The van der Waals surface area contributed by atoms with Gasteiger partial charge in [-0.25, -0.2) is 0 Å². The molecule has 0 aliphatic heterocycles. The number of nitrogens with one attached hydrogen (secondary N) is 2. The molecule has 27 heavy (non-hydrogen) atoms. The molecule has 0 unspecified atom stereocenters. The number of carbonyl (C=O) groups excluding carboxylic acids is 2. The Kier molecular flexibility index (Phi) is 5.41. The topological polar surface area (TPSA) is 88.9 Å². The van der Waals surface area contributed by atoms with Crippen LogP contribution in [-0.4, -0.2) is 26.6 Å². The highest BCUT2D eigenvalue weighted by molar-refractivity contribution is 6.03. The van der Waals surface area contributed by atoms with Crippen LogP contribution >= 0.6 is 0 Å². The summed E-state index contributed by atoms with van der Waals surface area (Å²) in [6.45, 7) is 1.43. The summed E-state index contributed by atoms with van der Waals surface area (Å²) >= 11 is 0. The van der Waals surface area contributed by atoms with E-state index in [-0.39, 0.29) is 11.8 Å². The summed E-state index contributed by atoms with van der Waals surface area (Å²) in [7, 11) is 1.85. The molecular weight excluding hydrogens is 342 g/mol. The number of hydrogen-bond donors (Lipinski definition) is 2. The van der Waals surface area contributed by atoms with E-state index in [1.807, 2.05) is 19.3 Å². The molecule has 0 aliphatic carbocycles. The average Bonchev–Trinajstić information content (AvgIpc) is 3.06. The molecule has 0 spiro atoms. The van der Waals surface area contributed by atoms with E-state index in [1.54, 1.807) is 53.6 Å². The minimum absolute atomic E-state index is 0.169. The zero-order chi connectivity index (χ0) is 19.2. The third kappa shape index (κ3) is 4.88. The van der Waals surface area contributed by atoms with Crippen molar-refractivity contribution in [2.24, 2.45) is 7.05 Å². The van der Waals surface area contributed by atoms with E-state index in [2.05, 4.69) is 20.7 Å². The summed E-state index contributed by atoms with van der Waals surface area (Å²) in [4.78, 5) is 27.5. The van der Waals surface area contributed by atoms with E-state index < -0.39 is 0 Å². The summed E-state index contributed by atoms with van der Waals surface area (Å²) in [6.07, 6.45) is 10.2. The van der Waals surface area contributed by atoms with Gasteiger partial charge in [0.05, 0.1) is 6.20 Å². The molecule has 0 saturated carbocycles.